The minimum atomic E-state index is -0.847. The highest BCUT2D eigenvalue weighted by atomic mass is 16.4. The van der Waals surface area contributed by atoms with E-state index in [1.165, 1.54) is 25.7 Å². The van der Waals surface area contributed by atoms with Crippen LogP contribution in [0.4, 0.5) is 0 Å². The van der Waals surface area contributed by atoms with Crippen LogP contribution >= 0.6 is 0 Å². The Morgan fingerprint density at radius 3 is 2.55 bits per heavy atom. The zero-order valence-corrected chi connectivity index (χ0v) is 12.5. The van der Waals surface area contributed by atoms with Gasteiger partial charge in [0.2, 0.25) is 5.91 Å². The second kappa shape index (κ2) is 7.09. The van der Waals surface area contributed by atoms with Crippen LogP contribution in [0.5, 0.6) is 0 Å². The predicted molar refractivity (Wildman–Crippen MR) is 77.3 cm³/mol. The molecule has 0 bridgehead atoms. The first-order chi connectivity index (χ1) is 9.58. The molecule has 114 valence electrons. The summed E-state index contributed by atoms with van der Waals surface area (Å²) in [4.78, 5) is 25.2. The van der Waals surface area contributed by atoms with Crippen LogP contribution in [0.25, 0.3) is 0 Å². The summed E-state index contributed by atoms with van der Waals surface area (Å²) in [6, 6.07) is -0.599. The standard InChI is InChI=1S/C16H27NO3/c1-12-9-10-17(14(11-12)16(19)20)15(18)8-4-7-13-5-2-3-6-13/h12-14H,2-11H2,1H3,(H,19,20). The summed E-state index contributed by atoms with van der Waals surface area (Å²) in [5, 5.41) is 9.28. The molecule has 1 saturated heterocycles. The lowest BCUT2D eigenvalue weighted by Crippen LogP contribution is -2.49. The number of hydrogen-bond acceptors (Lipinski definition) is 2. The van der Waals surface area contributed by atoms with Crippen LogP contribution in [0.1, 0.15) is 64.7 Å². The van der Waals surface area contributed by atoms with Crippen molar-refractivity contribution in [2.24, 2.45) is 11.8 Å². The maximum absolute atomic E-state index is 12.3. The molecule has 0 spiro atoms. The third-order valence-electron chi connectivity index (χ3n) is 4.95. The van der Waals surface area contributed by atoms with Gasteiger partial charge in [-0.05, 0) is 37.5 Å². The summed E-state index contributed by atoms with van der Waals surface area (Å²) in [6.45, 7) is 2.68. The molecule has 2 atom stereocenters. The summed E-state index contributed by atoms with van der Waals surface area (Å²) in [6.07, 6.45) is 9.40. The van der Waals surface area contributed by atoms with E-state index in [1.54, 1.807) is 4.90 Å². The van der Waals surface area contributed by atoms with Gasteiger partial charge >= 0.3 is 5.97 Å². The molecule has 2 fully saturated rings. The maximum Gasteiger partial charge on any atom is 0.326 e. The van der Waals surface area contributed by atoms with E-state index in [0.29, 0.717) is 25.3 Å². The number of carboxylic acid groups (broad SMARTS) is 1. The number of carbonyl (C=O) groups is 2. The molecule has 20 heavy (non-hydrogen) atoms. The van der Waals surface area contributed by atoms with E-state index >= 15 is 0 Å². The molecule has 1 heterocycles. The number of piperidine rings is 1. The van der Waals surface area contributed by atoms with E-state index in [-0.39, 0.29) is 5.91 Å². The molecule has 0 radical (unpaired) electrons. The quantitative estimate of drug-likeness (QED) is 0.842. The highest BCUT2D eigenvalue weighted by molar-refractivity contribution is 5.83. The van der Waals surface area contributed by atoms with Gasteiger partial charge in [-0.15, -0.1) is 0 Å². The molecule has 2 aliphatic rings. The van der Waals surface area contributed by atoms with Gasteiger partial charge in [0, 0.05) is 13.0 Å². The van der Waals surface area contributed by atoms with Crippen molar-refractivity contribution in [2.75, 3.05) is 6.54 Å². The average Bonchev–Trinajstić information content (AvgIpc) is 2.91. The first kappa shape index (κ1) is 15.3. The minimum Gasteiger partial charge on any atom is -0.480 e. The van der Waals surface area contributed by atoms with E-state index in [4.69, 9.17) is 0 Å². The van der Waals surface area contributed by atoms with Gasteiger partial charge in [-0.2, -0.15) is 0 Å². The summed E-state index contributed by atoms with van der Waals surface area (Å²) < 4.78 is 0. The van der Waals surface area contributed by atoms with Crippen LogP contribution in [0.2, 0.25) is 0 Å². The molecule has 1 aliphatic heterocycles. The Bertz CT molecular complexity index is 350. The van der Waals surface area contributed by atoms with Crippen molar-refractivity contribution < 1.29 is 14.7 Å². The number of hydrogen-bond donors (Lipinski definition) is 1. The van der Waals surface area contributed by atoms with Crippen LogP contribution in [-0.2, 0) is 9.59 Å². The molecule has 1 saturated carbocycles. The van der Waals surface area contributed by atoms with Crippen LogP contribution in [-0.4, -0.2) is 34.5 Å². The first-order valence-corrected chi connectivity index (χ1v) is 8.10. The van der Waals surface area contributed by atoms with Crippen molar-refractivity contribution >= 4 is 11.9 Å². The number of carbonyl (C=O) groups excluding carboxylic acids is 1. The second-order valence-electron chi connectivity index (χ2n) is 6.61. The Kier molecular flexibility index (Phi) is 5.44. The van der Waals surface area contributed by atoms with Crippen molar-refractivity contribution in [1.29, 1.82) is 0 Å². The van der Waals surface area contributed by atoms with Gasteiger partial charge in [0.1, 0.15) is 6.04 Å². The molecule has 1 N–H and O–H groups in total. The predicted octanol–water partition coefficient (Wildman–Crippen LogP) is 3.06. The second-order valence-corrected chi connectivity index (χ2v) is 6.61. The number of carboxylic acids is 1. The lowest BCUT2D eigenvalue weighted by atomic mass is 9.92. The van der Waals surface area contributed by atoms with E-state index in [9.17, 15) is 14.7 Å². The third-order valence-corrected chi connectivity index (χ3v) is 4.95. The maximum atomic E-state index is 12.3. The van der Waals surface area contributed by atoms with Crippen molar-refractivity contribution in [2.45, 2.75) is 70.8 Å². The van der Waals surface area contributed by atoms with Crippen molar-refractivity contribution in [3.05, 3.63) is 0 Å². The zero-order chi connectivity index (χ0) is 14.5. The van der Waals surface area contributed by atoms with E-state index in [2.05, 4.69) is 6.92 Å². The summed E-state index contributed by atoms with van der Waals surface area (Å²) >= 11 is 0. The monoisotopic (exact) mass is 281 g/mol. The number of aliphatic carboxylic acids is 1. The van der Waals surface area contributed by atoms with Crippen molar-refractivity contribution in [3.8, 4) is 0 Å². The molecule has 4 nitrogen and oxygen atoms in total. The summed E-state index contributed by atoms with van der Waals surface area (Å²) in [5.74, 6) is 0.404. The Morgan fingerprint density at radius 1 is 1.20 bits per heavy atom. The smallest absolute Gasteiger partial charge is 0.326 e. The third kappa shape index (κ3) is 3.97. The van der Waals surface area contributed by atoms with Crippen LogP contribution < -0.4 is 0 Å². The Labute approximate surface area is 121 Å². The number of nitrogens with zero attached hydrogens (tertiary/aromatic N) is 1. The van der Waals surface area contributed by atoms with Gasteiger partial charge in [0.25, 0.3) is 0 Å². The first-order valence-electron chi connectivity index (χ1n) is 8.10. The van der Waals surface area contributed by atoms with Gasteiger partial charge in [-0.1, -0.05) is 32.6 Å². The fourth-order valence-electron chi connectivity index (χ4n) is 3.66. The molecule has 4 heteroatoms. The van der Waals surface area contributed by atoms with Gasteiger partial charge in [-0.25, -0.2) is 4.79 Å². The highest BCUT2D eigenvalue weighted by Gasteiger charge is 2.34. The number of amides is 1. The van der Waals surface area contributed by atoms with Gasteiger partial charge in [-0.3, -0.25) is 4.79 Å². The molecule has 0 aromatic heterocycles. The van der Waals surface area contributed by atoms with Crippen LogP contribution in [0, 0.1) is 11.8 Å². The molecule has 0 aromatic carbocycles. The van der Waals surface area contributed by atoms with Gasteiger partial charge < -0.3 is 10.0 Å². The molecule has 2 rings (SSSR count). The zero-order valence-electron chi connectivity index (χ0n) is 12.5. The molecular formula is C16H27NO3. The minimum absolute atomic E-state index is 0.0438. The molecule has 2 unspecified atom stereocenters. The fourth-order valence-corrected chi connectivity index (χ4v) is 3.66. The van der Waals surface area contributed by atoms with E-state index in [0.717, 1.165) is 25.2 Å². The average molecular weight is 281 g/mol. The normalized spacial score (nSPS) is 27.8. The van der Waals surface area contributed by atoms with Gasteiger partial charge in [0.15, 0.2) is 0 Å². The summed E-state index contributed by atoms with van der Waals surface area (Å²) in [5.41, 5.74) is 0. The number of likely N-dealkylation sites (tertiary alicyclic amines) is 1. The molecule has 1 amide bonds. The molecule has 1 aliphatic carbocycles. The SMILES string of the molecule is CC1CCN(C(=O)CCCC2CCCC2)C(C(=O)O)C1. The van der Waals surface area contributed by atoms with Crippen LogP contribution in [0.3, 0.4) is 0 Å². The largest absolute Gasteiger partial charge is 0.480 e. The molecular weight excluding hydrogens is 254 g/mol. The highest BCUT2D eigenvalue weighted by Crippen LogP contribution is 2.29. The van der Waals surface area contributed by atoms with Crippen molar-refractivity contribution in [3.63, 3.8) is 0 Å². The van der Waals surface area contributed by atoms with E-state index < -0.39 is 12.0 Å². The molecule has 0 aromatic rings. The van der Waals surface area contributed by atoms with E-state index in [1.807, 2.05) is 0 Å². The summed E-state index contributed by atoms with van der Waals surface area (Å²) in [7, 11) is 0. The fraction of sp³-hybridized carbons (Fsp3) is 0.875. The Balaban J connectivity index is 1.78. The van der Waals surface area contributed by atoms with Crippen molar-refractivity contribution in [1.82, 2.24) is 4.90 Å². The lowest BCUT2D eigenvalue weighted by molar-refractivity contribution is -0.153. The number of rotatable bonds is 5. The Hall–Kier alpha value is -1.06. The van der Waals surface area contributed by atoms with Crippen LogP contribution in [0.15, 0.2) is 0 Å². The lowest BCUT2D eigenvalue weighted by Gasteiger charge is -2.36. The van der Waals surface area contributed by atoms with Gasteiger partial charge in [0.05, 0.1) is 0 Å². The Morgan fingerprint density at radius 2 is 1.90 bits per heavy atom. The topological polar surface area (TPSA) is 57.6 Å².